The van der Waals surface area contributed by atoms with Crippen molar-refractivity contribution in [2.24, 2.45) is 0 Å². The summed E-state index contributed by atoms with van der Waals surface area (Å²) in [5, 5.41) is 5.08. The summed E-state index contributed by atoms with van der Waals surface area (Å²) in [7, 11) is 0. The minimum Gasteiger partial charge on any atom is -0.354 e. The van der Waals surface area contributed by atoms with Crippen LogP contribution in [0.25, 0.3) is 0 Å². The number of rotatable bonds is 4. The van der Waals surface area contributed by atoms with E-state index in [2.05, 4.69) is 25.6 Å². The summed E-state index contributed by atoms with van der Waals surface area (Å²) >= 11 is 5.68. The molecular formula is C11H9ClF3N5. The van der Waals surface area contributed by atoms with Crippen molar-refractivity contribution in [3.8, 4) is 0 Å². The topological polar surface area (TPSA) is 62.7 Å². The van der Waals surface area contributed by atoms with Crippen LogP contribution in [0.3, 0.4) is 0 Å². The third-order valence-electron chi connectivity index (χ3n) is 2.20. The number of nitrogens with zero attached hydrogens (tertiary/aromatic N) is 3. The molecule has 9 heteroatoms. The van der Waals surface area contributed by atoms with Gasteiger partial charge in [-0.1, -0.05) is 0 Å². The molecule has 0 aliphatic carbocycles. The molecule has 0 unspecified atom stereocenters. The molecular weight excluding hydrogens is 295 g/mol. The first-order valence-corrected chi connectivity index (χ1v) is 5.94. The van der Waals surface area contributed by atoms with Gasteiger partial charge in [-0.25, -0.2) is 13.2 Å². The van der Waals surface area contributed by atoms with Gasteiger partial charge in [-0.3, -0.25) is 0 Å². The highest BCUT2D eigenvalue weighted by molar-refractivity contribution is 6.28. The van der Waals surface area contributed by atoms with E-state index in [4.69, 9.17) is 11.6 Å². The van der Waals surface area contributed by atoms with E-state index in [9.17, 15) is 13.2 Å². The second-order valence-electron chi connectivity index (χ2n) is 3.65. The Hall–Kier alpha value is -2.09. The minimum atomic E-state index is -1.28. The van der Waals surface area contributed by atoms with E-state index < -0.39 is 17.5 Å². The van der Waals surface area contributed by atoms with Crippen LogP contribution in [0, 0.1) is 17.5 Å². The monoisotopic (exact) mass is 303 g/mol. The van der Waals surface area contributed by atoms with Gasteiger partial charge in [0.25, 0.3) is 0 Å². The fourth-order valence-electron chi connectivity index (χ4n) is 1.38. The van der Waals surface area contributed by atoms with Crippen molar-refractivity contribution >= 4 is 29.2 Å². The van der Waals surface area contributed by atoms with Gasteiger partial charge in [-0.2, -0.15) is 15.0 Å². The Morgan fingerprint density at radius 3 is 2.35 bits per heavy atom. The quantitative estimate of drug-likeness (QED) is 0.850. The molecule has 0 spiro atoms. The number of nitrogens with one attached hydrogen (secondary N) is 2. The van der Waals surface area contributed by atoms with Gasteiger partial charge < -0.3 is 10.6 Å². The summed E-state index contributed by atoms with van der Waals surface area (Å²) in [6, 6.07) is 1.08. The third kappa shape index (κ3) is 3.27. The van der Waals surface area contributed by atoms with Crippen molar-refractivity contribution in [1.29, 1.82) is 0 Å². The molecule has 1 aromatic carbocycles. The van der Waals surface area contributed by atoms with Crippen LogP contribution in [0.1, 0.15) is 6.92 Å². The van der Waals surface area contributed by atoms with Gasteiger partial charge in [0, 0.05) is 18.7 Å². The van der Waals surface area contributed by atoms with Gasteiger partial charge in [0.1, 0.15) is 5.82 Å². The van der Waals surface area contributed by atoms with E-state index in [0.29, 0.717) is 18.7 Å². The summed E-state index contributed by atoms with van der Waals surface area (Å²) in [5.74, 6) is -3.37. The van der Waals surface area contributed by atoms with E-state index in [1.807, 2.05) is 6.92 Å². The average molecular weight is 304 g/mol. The molecule has 0 bridgehead atoms. The van der Waals surface area contributed by atoms with Gasteiger partial charge in [0.05, 0.1) is 5.69 Å². The first-order valence-electron chi connectivity index (χ1n) is 5.56. The zero-order valence-corrected chi connectivity index (χ0v) is 11.0. The Labute approximate surface area is 117 Å². The molecule has 106 valence electrons. The van der Waals surface area contributed by atoms with Crippen LogP contribution in [0.2, 0.25) is 5.28 Å². The first-order chi connectivity index (χ1) is 9.49. The molecule has 20 heavy (non-hydrogen) atoms. The Morgan fingerprint density at radius 2 is 1.65 bits per heavy atom. The standard InChI is InChI=1S/C11H9ClF3N5/c1-2-16-10-18-9(12)19-11(20-10)17-8-4-6(14)5(13)3-7(8)15/h3-4H,2H2,1H3,(H2,16,17,18,19,20). The number of aromatic nitrogens is 3. The Kier molecular flexibility index (Phi) is 4.23. The average Bonchev–Trinajstić information content (AvgIpc) is 2.35. The second-order valence-corrected chi connectivity index (χ2v) is 3.99. The van der Waals surface area contributed by atoms with E-state index >= 15 is 0 Å². The molecule has 2 rings (SSSR count). The normalized spacial score (nSPS) is 10.4. The van der Waals surface area contributed by atoms with Crippen LogP contribution in [0.15, 0.2) is 12.1 Å². The van der Waals surface area contributed by atoms with Crippen molar-refractivity contribution < 1.29 is 13.2 Å². The molecule has 0 fully saturated rings. The summed E-state index contributed by atoms with van der Waals surface area (Å²) in [4.78, 5) is 11.4. The van der Waals surface area contributed by atoms with Crippen molar-refractivity contribution in [2.75, 3.05) is 17.2 Å². The number of halogens is 4. The summed E-state index contributed by atoms with van der Waals surface area (Å²) in [6.45, 7) is 2.36. The zero-order valence-electron chi connectivity index (χ0n) is 10.2. The molecule has 0 aliphatic rings. The maximum absolute atomic E-state index is 13.5. The maximum Gasteiger partial charge on any atom is 0.233 e. The molecule has 0 radical (unpaired) electrons. The fraction of sp³-hybridized carbons (Fsp3) is 0.182. The molecule has 5 nitrogen and oxygen atoms in total. The van der Waals surface area contributed by atoms with Gasteiger partial charge in [0.15, 0.2) is 11.6 Å². The van der Waals surface area contributed by atoms with Crippen molar-refractivity contribution in [3.63, 3.8) is 0 Å². The predicted octanol–water partition coefficient (Wildman–Crippen LogP) is 3.12. The lowest BCUT2D eigenvalue weighted by atomic mass is 10.3. The van der Waals surface area contributed by atoms with Crippen molar-refractivity contribution in [2.45, 2.75) is 6.92 Å². The lowest BCUT2D eigenvalue weighted by Crippen LogP contribution is -2.07. The largest absolute Gasteiger partial charge is 0.354 e. The Balaban J connectivity index is 2.32. The van der Waals surface area contributed by atoms with Gasteiger partial charge in [0.2, 0.25) is 17.2 Å². The van der Waals surface area contributed by atoms with Gasteiger partial charge >= 0.3 is 0 Å². The molecule has 1 aromatic heterocycles. The summed E-state index contributed by atoms with van der Waals surface area (Å²) < 4.78 is 39.4. The highest BCUT2D eigenvalue weighted by Gasteiger charge is 2.12. The first kappa shape index (κ1) is 14.3. The van der Waals surface area contributed by atoms with Crippen LogP contribution >= 0.6 is 11.6 Å². The second kappa shape index (κ2) is 5.91. The Morgan fingerprint density at radius 1 is 1.00 bits per heavy atom. The van der Waals surface area contributed by atoms with Gasteiger partial charge in [-0.15, -0.1) is 0 Å². The highest BCUT2D eigenvalue weighted by Crippen LogP contribution is 2.22. The third-order valence-corrected chi connectivity index (χ3v) is 2.37. The van der Waals surface area contributed by atoms with E-state index in [-0.39, 0.29) is 22.9 Å². The lowest BCUT2D eigenvalue weighted by molar-refractivity contribution is 0.496. The molecule has 0 saturated carbocycles. The number of hydrogen-bond acceptors (Lipinski definition) is 5. The molecule has 0 atom stereocenters. The van der Waals surface area contributed by atoms with Crippen molar-refractivity contribution in [1.82, 2.24) is 15.0 Å². The Bertz CT molecular complexity index is 638. The van der Waals surface area contributed by atoms with Crippen LogP contribution in [0.5, 0.6) is 0 Å². The molecule has 2 aromatic rings. The number of benzene rings is 1. The molecule has 0 aliphatic heterocycles. The summed E-state index contributed by atoms with van der Waals surface area (Å²) in [6.07, 6.45) is 0. The SMILES string of the molecule is CCNc1nc(Cl)nc(Nc2cc(F)c(F)cc2F)n1. The van der Waals surface area contributed by atoms with Crippen LogP contribution in [0.4, 0.5) is 30.8 Å². The van der Waals surface area contributed by atoms with Crippen LogP contribution in [-0.2, 0) is 0 Å². The molecule has 2 N–H and O–H groups in total. The van der Waals surface area contributed by atoms with Crippen LogP contribution < -0.4 is 10.6 Å². The number of hydrogen-bond donors (Lipinski definition) is 2. The summed E-state index contributed by atoms with van der Waals surface area (Å²) in [5.41, 5.74) is -0.311. The predicted molar refractivity (Wildman–Crippen MR) is 68.6 cm³/mol. The number of anilines is 3. The van der Waals surface area contributed by atoms with E-state index in [1.165, 1.54) is 0 Å². The zero-order chi connectivity index (χ0) is 14.7. The van der Waals surface area contributed by atoms with E-state index in [0.717, 1.165) is 0 Å². The smallest absolute Gasteiger partial charge is 0.233 e. The fourth-order valence-corrected chi connectivity index (χ4v) is 1.54. The lowest BCUT2D eigenvalue weighted by Gasteiger charge is -2.08. The van der Waals surface area contributed by atoms with Crippen molar-refractivity contribution in [3.05, 3.63) is 34.9 Å². The molecule has 1 heterocycles. The highest BCUT2D eigenvalue weighted by atomic mass is 35.5. The molecule has 0 amide bonds. The maximum atomic E-state index is 13.5. The van der Waals surface area contributed by atoms with E-state index in [1.54, 1.807) is 0 Å². The minimum absolute atomic E-state index is 0.0918. The van der Waals surface area contributed by atoms with Crippen LogP contribution in [-0.4, -0.2) is 21.5 Å². The van der Waals surface area contributed by atoms with Gasteiger partial charge in [-0.05, 0) is 18.5 Å². The molecule has 0 saturated heterocycles.